The lowest BCUT2D eigenvalue weighted by Crippen LogP contribution is -2.47. The normalized spacial score (nSPS) is 29.9. The van der Waals surface area contributed by atoms with E-state index in [-0.39, 0.29) is 5.71 Å². The summed E-state index contributed by atoms with van der Waals surface area (Å²) in [5.74, 6) is -0.421. The lowest BCUT2D eigenvalue weighted by atomic mass is 9.97. The molecule has 0 bridgehead atoms. The quantitative estimate of drug-likeness (QED) is 0.443. The van der Waals surface area contributed by atoms with Crippen molar-refractivity contribution >= 4 is 11.5 Å². The van der Waals surface area contributed by atoms with Crippen LogP contribution < -0.4 is 0 Å². The number of hydroxylamine groups is 2. The molecule has 1 aliphatic heterocycles. The summed E-state index contributed by atoms with van der Waals surface area (Å²) < 4.78 is 0. The molecule has 1 radical (unpaired) electrons. The number of rotatable bonds is 0. The lowest BCUT2D eigenvalue weighted by Gasteiger charge is -2.28. The average molecular weight is 185 g/mol. The van der Waals surface area contributed by atoms with Crippen LogP contribution in [0, 0.1) is 0 Å². The van der Waals surface area contributed by atoms with Gasteiger partial charge in [0.25, 0.3) is 0 Å². The number of hydrogen-bond donors (Lipinski definition) is 1. The topological polar surface area (TPSA) is 72.8 Å². The standard InChI is InChI=1S/C8H13N2O3/c1-7(2)5(9-12)6(11)8(3,4)10(7)13/h12H,1-4H3. The number of nitrogens with zero attached hydrogens (tertiary/aromatic N) is 2. The second-order valence-electron chi connectivity index (χ2n) is 4.19. The fourth-order valence-corrected chi connectivity index (χ4v) is 1.62. The maximum Gasteiger partial charge on any atom is 0.204 e. The Morgan fingerprint density at radius 3 is 1.85 bits per heavy atom. The minimum absolute atomic E-state index is 0.0764. The van der Waals surface area contributed by atoms with E-state index in [0.29, 0.717) is 5.06 Å². The number of Topliss-reactive ketones (excluding diaryl/α,β-unsaturated/α-hetero) is 1. The Morgan fingerprint density at radius 1 is 1.23 bits per heavy atom. The van der Waals surface area contributed by atoms with Gasteiger partial charge in [-0.1, -0.05) is 5.16 Å². The van der Waals surface area contributed by atoms with Gasteiger partial charge in [0.2, 0.25) is 5.78 Å². The van der Waals surface area contributed by atoms with E-state index >= 15 is 0 Å². The Morgan fingerprint density at radius 2 is 1.69 bits per heavy atom. The Bertz CT molecular complexity index is 281. The van der Waals surface area contributed by atoms with Crippen molar-refractivity contribution in [1.29, 1.82) is 0 Å². The highest BCUT2D eigenvalue weighted by Crippen LogP contribution is 2.34. The average Bonchev–Trinajstić information content (AvgIpc) is 2.12. The number of carbonyl (C=O) groups excluding carboxylic acids is 1. The zero-order chi connectivity index (χ0) is 10.4. The number of oxime groups is 1. The molecule has 13 heavy (non-hydrogen) atoms. The van der Waals surface area contributed by atoms with E-state index in [1.54, 1.807) is 13.8 Å². The molecule has 73 valence electrons. The van der Waals surface area contributed by atoms with Gasteiger partial charge < -0.3 is 5.21 Å². The van der Waals surface area contributed by atoms with Gasteiger partial charge in [0.05, 0.1) is 5.54 Å². The third-order valence-corrected chi connectivity index (χ3v) is 2.47. The van der Waals surface area contributed by atoms with Gasteiger partial charge in [-0.3, -0.25) is 4.79 Å². The van der Waals surface area contributed by atoms with E-state index in [1.165, 1.54) is 13.8 Å². The van der Waals surface area contributed by atoms with Gasteiger partial charge in [0.15, 0.2) is 0 Å². The summed E-state index contributed by atoms with van der Waals surface area (Å²) in [4.78, 5) is 11.6. The van der Waals surface area contributed by atoms with Crippen molar-refractivity contribution in [3.05, 3.63) is 0 Å². The van der Waals surface area contributed by atoms with Crippen molar-refractivity contribution in [3.63, 3.8) is 0 Å². The third-order valence-electron chi connectivity index (χ3n) is 2.47. The van der Waals surface area contributed by atoms with Crippen LogP contribution in [0.25, 0.3) is 0 Å². The fraction of sp³-hybridized carbons (Fsp3) is 0.750. The summed E-state index contributed by atoms with van der Waals surface area (Å²) in [6.45, 7) is 6.15. The summed E-state index contributed by atoms with van der Waals surface area (Å²) in [5.41, 5.74) is -2.26. The first-order chi connectivity index (χ1) is 5.76. The molecule has 1 saturated heterocycles. The summed E-state index contributed by atoms with van der Waals surface area (Å²) in [6.07, 6.45) is 0. The summed E-state index contributed by atoms with van der Waals surface area (Å²) >= 11 is 0. The minimum atomic E-state index is -1.13. The number of hydrogen-bond acceptors (Lipinski definition) is 4. The highest BCUT2D eigenvalue weighted by atomic mass is 16.5. The van der Waals surface area contributed by atoms with Crippen LogP contribution in [0.5, 0.6) is 0 Å². The molecule has 1 rings (SSSR count). The van der Waals surface area contributed by atoms with Crippen LogP contribution in [0.3, 0.4) is 0 Å². The van der Waals surface area contributed by atoms with E-state index < -0.39 is 16.9 Å². The predicted octanol–water partition coefficient (Wildman–Crippen LogP) is 0.604. The molecule has 1 heterocycles. The van der Waals surface area contributed by atoms with E-state index in [0.717, 1.165) is 0 Å². The van der Waals surface area contributed by atoms with E-state index in [1.807, 2.05) is 0 Å². The molecule has 0 unspecified atom stereocenters. The molecule has 0 aromatic carbocycles. The van der Waals surface area contributed by atoms with Gasteiger partial charge in [0.1, 0.15) is 11.3 Å². The Balaban J connectivity index is 3.28. The predicted molar refractivity (Wildman–Crippen MR) is 44.9 cm³/mol. The minimum Gasteiger partial charge on any atom is -0.410 e. The highest BCUT2D eigenvalue weighted by molar-refractivity contribution is 6.47. The molecule has 0 aromatic heterocycles. The van der Waals surface area contributed by atoms with Gasteiger partial charge in [-0.2, -0.15) is 0 Å². The van der Waals surface area contributed by atoms with E-state index in [9.17, 15) is 10.0 Å². The van der Waals surface area contributed by atoms with Crippen molar-refractivity contribution in [3.8, 4) is 0 Å². The van der Waals surface area contributed by atoms with Crippen LogP contribution in [0.1, 0.15) is 27.7 Å². The fourth-order valence-electron chi connectivity index (χ4n) is 1.62. The summed E-state index contributed by atoms with van der Waals surface area (Å²) in [6, 6.07) is 0. The van der Waals surface area contributed by atoms with Gasteiger partial charge in [-0.05, 0) is 27.7 Å². The van der Waals surface area contributed by atoms with Crippen molar-refractivity contribution in [2.75, 3.05) is 0 Å². The first-order valence-corrected chi connectivity index (χ1v) is 4.01. The van der Waals surface area contributed by atoms with Gasteiger partial charge in [0, 0.05) is 0 Å². The number of carbonyl (C=O) groups is 1. The van der Waals surface area contributed by atoms with Gasteiger partial charge in [-0.15, -0.1) is 10.3 Å². The monoisotopic (exact) mass is 185 g/mol. The number of ketones is 1. The molecule has 5 heteroatoms. The molecule has 0 aromatic rings. The Labute approximate surface area is 76.6 Å². The molecule has 0 atom stereocenters. The SMILES string of the molecule is CC1(C)C(=O)C(=NO)C(C)(C)N1[O]. The maximum atomic E-state index is 11.6. The highest BCUT2D eigenvalue weighted by Gasteiger charge is 2.57. The van der Waals surface area contributed by atoms with Crippen molar-refractivity contribution in [2.24, 2.45) is 5.16 Å². The van der Waals surface area contributed by atoms with Crippen LogP contribution in [0.2, 0.25) is 0 Å². The molecule has 5 nitrogen and oxygen atoms in total. The largest absolute Gasteiger partial charge is 0.410 e. The molecular formula is C8H13N2O3. The smallest absolute Gasteiger partial charge is 0.204 e. The molecule has 0 saturated carbocycles. The molecular weight excluding hydrogens is 172 g/mol. The van der Waals surface area contributed by atoms with Crippen LogP contribution in [-0.2, 0) is 10.0 Å². The molecule has 0 amide bonds. The Kier molecular flexibility index (Phi) is 1.97. The van der Waals surface area contributed by atoms with Crippen molar-refractivity contribution in [2.45, 2.75) is 38.8 Å². The van der Waals surface area contributed by atoms with Crippen LogP contribution in [0.4, 0.5) is 0 Å². The molecule has 1 fully saturated rings. The molecule has 1 N–H and O–H groups in total. The zero-order valence-corrected chi connectivity index (χ0v) is 8.16. The second-order valence-corrected chi connectivity index (χ2v) is 4.19. The molecule has 0 aliphatic carbocycles. The zero-order valence-electron chi connectivity index (χ0n) is 8.16. The lowest BCUT2D eigenvalue weighted by molar-refractivity contribution is -0.234. The Hall–Kier alpha value is -0.940. The van der Waals surface area contributed by atoms with E-state index in [4.69, 9.17) is 5.21 Å². The maximum absolute atomic E-state index is 11.6. The van der Waals surface area contributed by atoms with E-state index in [2.05, 4.69) is 5.16 Å². The molecule has 1 aliphatic rings. The van der Waals surface area contributed by atoms with Gasteiger partial charge >= 0.3 is 0 Å². The third kappa shape index (κ3) is 1.08. The second kappa shape index (κ2) is 2.52. The first kappa shape index (κ1) is 10.1. The summed E-state index contributed by atoms with van der Waals surface area (Å²) in [7, 11) is 0. The van der Waals surface area contributed by atoms with Crippen LogP contribution in [0.15, 0.2) is 5.16 Å². The summed E-state index contributed by atoms with van der Waals surface area (Å²) in [5, 5.41) is 23.8. The van der Waals surface area contributed by atoms with Crippen LogP contribution >= 0.6 is 0 Å². The van der Waals surface area contributed by atoms with Crippen molar-refractivity contribution in [1.82, 2.24) is 5.06 Å². The van der Waals surface area contributed by atoms with Crippen molar-refractivity contribution < 1.29 is 15.2 Å². The van der Waals surface area contributed by atoms with Crippen LogP contribution in [-0.4, -0.2) is 32.8 Å². The first-order valence-electron chi connectivity index (χ1n) is 4.01. The molecule has 0 spiro atoms. The van der Waals surface area contributed by atoms with Gasteiger partial charge in [-0.25, -0.2) is 0 Å².